The zero-order valence-electron chi connectivity index (χ0n) is 8.76. The van der Waals surface area contributed by atoms with Crippen LogP contribution in [-0.2, 0) is 0 Å². The Hall–Kier alpha value is -0.0400. The van der Waals surface area contributed by atoms with Gasteiger partial charge in [0, 0.05) is 18.6 Å². The van der Waals surface area contributed by atoms with Gasteiger partial charge in [-0.2, -0.15) is 0 Å². The Morgan fingerprint density at radius 1 is 1.15 bits per heavy atom. The highest BCUT2D eigenvalue weighted by Gasteiger charge is 2.51. The third kappa shape index (κ3) is 1.16. The summed E-state index contributed by atoms with van der Waals surface area (Å²) < 4.78 is 0. The molecule has 1 saturated heterocycles. The SMILES string of the molecule is CCC1(N2CC3CCCC3C2)CC1. The fourth-order valence-electron chi connectivity index (χ4n) is 3.66. The van der Waals surface area contributed by atoms with E-state index in [1.54, 1.807) is 0 Å². The van der Waals surface area contributed by atoms with Crippen LogP contribution in [0.1, 0.15) is 45.4 Å². The largest absolute Gasteiger partial charge is 0.297 e. The summed E-state index contributed by atoms with van der Waals surface area (Å²) in [6.07, 6.45) is 8.95. The molecule has 0 aromatic carbocycles. The highest BCUT2D eigenvalue weighted by atomic mass is 15.3. The summed E-state index contributed by atoms with van der Waals surface area (Å²) in [6.45, 7) is 5.26. The van der Waals surface area contributed by atoms with E-state index in [-0.39, 0.29) is 0 Å². The number of likely N-dealkylation sites (tertiary alicyclic amines) is 1. The van der Waals surface area contributed by atoms with E-state index in [1.165, 1.54) is 51.6 Å². The highest BCUT2D eigenvalue weighted by Crippen LogP contribution is 2.50. The van der Waals surface area contributed by atoms with Gasteiger partial charge in [-0.3, -0.25) is 4.90 Å². The molecule has 0 spiro atoms. The molecular formula is C12H21N. The molecule has 1 heterocycles. The molecule has 2 atom stereocenters. The van der Waals surface area contributed by atoms with Gasteiger partial charge in [-0.05, 0) is 43.9 Å². The van der Waals surface area contributed by atoms with Crippen molar-refractivity contribution < 1.29 is 0 Å². The molecule has 0 aromatic heterocycles. The van der Waals surface area contributed by atoms with Gasteiger partial charge < -0.3 is 0 Å². The topological polar surface area (TPSA) is 3.24 Å². The van der Waals surface area contributed by atoms with Crippen molar-refractivity contribution in [3.63, 3.8) is 0 Å². The number of hydrogen-bond acceptors (Lipinski definition) is 1. The summed E-state index contributed by atoms with van der Waals surface area (Å²) >= 11 is 0. The maximum absolute atomic E-state index is 2.83. The Labute approximate surface area is 81.5 Å². The first-order valence-electron chi connectivity index (χ1n) is 6.09. The van der Waals surface area contributed by atoms with Crippen molar-refractivity contribution in [2.24, 2.45) is 11.8 Å². The van der Waals surface area contributed by atoms with Gasteiger partial charge in [0.25, 0.3) is 0 Å². The first kappa shape index (κ1) is 8.28. The van der Waals surface area contributed by atoms with Crippen LogP contribution in [0.4, 0.5) is 0 Å². The normalized spacial score (nSPS) is 42.2. The number of rotatable bonds is 2. The summed E-state index contributed by atoms with van der Waals surface area (Å²) in [5.41, 5.74) is 0.699. The molecule has 3 rings (SSSR count). The first-order valence-corrected chi connectivity index (χ1v) is 6.09. The van der Waals surface area contributed by atoms with Crippen molar-refractivity contribution in [2.75, 3.05) is 13.1 Å². The predicted molar refractivity (Wildman–Crippen MR) is 54.7 cm³/mol. The second-order valence-electron chi connectivity index (χ2n) is 5.43. The van der Waals surface area contributed by atoms with Gasteiger partial charge in [-0.15, -0.1) is 0 Å². The molecule has 2 saturated carbocycles. The van der Waals surface area contributed by atoms with Crippen LogP contribution in [0.3, 0.4) is 0 Å². The Bertz CT molecular complexity index is 195. The Morgan fingerprint density at radius 2 is 1.77 bits per heavy atom. The zero-order chi connectivity index (χ0) is 8.89. The van der Waals surface area contributed by atoms with Crippen molar-refractivity contribution in [2.45, 2.75) is 51.0 Å². The maximum atomic E-state index is 2.83. The lowest BCUT2D eigenvalue weighted by molar-refractivity contribution is 0.198. The maximum Gasteiger partial charge on any atom is 0.0208 e. The van der Waals surface area contributed by atoms with E-state index in [4.69, 9.17) is 0 Å². The van der Waals surface area contributed by atoms with Gasteiger partial charge in [0.1, 0.15) is 0 Å². The summed E-state index contributed by atoms with van der Waals surface area (Å²) in [5.74, 6) is 2.17. The Morgan fingerprint density at radius 3 is 2.23 bits per heavy atom. The van der Waals surface area contributed by atoms with E-state index in [2.05, 4.69) is 11.8 Å². The smallest absolute Gasteiger partial charge is 0.0208 e. The van der Waals surface area contributed by atoms with Crippen LogP contribution >= 0.6 is 0 Å². The van der Waals surface area contributed by atoms with Crippen molar-refractivity contribution in [1.29, 1.82) is 0 Å². The van der Waals surface area contributed by atoms with Crippen LogP contribution in [-0.4, -0.2) is 23.5 Å². The molecule has 0 aromatic rings. The third-order valence-corrected chi connectivity index (χ3v) is 4.88. The van der Waals surface area contributed by atoms with E-state index >= 15 is 0 Å². The molecule has 0 bridgehead atoms. The van der Waals surface area contributed by atoms with Crippen LogP contribution in [0.15, 0.2) is 0 Å². The van der Waals surface area contributed by atoms with Gasteiger partial charge in [-0.1, -0.05) is 13.3 Å². The van der Waals surface area contributed by atoms with Gasteiger partial charge in [0.2, 0.25) is 0 Å². The minimum atomic E-state index is 0.699. The lowest BCUT2D eigenvalue weighted by Crippen LogP contribution is -2.35. The van der Waals surface area contributed by atoms with E-state index in [1.807, 2.05) is 0 Å². The van der Waals surface area contributed by atoms with E-state index in [0.29, 0.717) is 5.54 Å². The van der Waals surface area contributed by atoms with E-state index in [9.17, 15) is 0 Å². The van der Waals surface area contributed by atoms with Crippen LogP contribution in [0.5, 0.6) is 0 Å². The quantitative estimate of drug-likeness (QED) is 0.630. The predicted octanol–water partition coefficient (Wildman–Crippen LogP) is 2.66. The van der Waals surface area contributed by atoms with Crippen molar-refractivity contribution in [3.8, 4) is 0 Å². The molecule has 1 nitrogen and oxygen atoms in total. The molecule has 0 radical (unpaired) electrons. The summed E-state index contributed by atoms with van der Waals surface area (Å²) in [6, 6.07) is 0. The molecule has 0 N–H and O–H groups in total. The average molecular weight is 179 g/mol. The van der Waals surface area contributed by atoms with E-state index < -0.39 is 0 Å². The van der Waals surface area contributed by atoms with Gasteiger partial charge >= 0.3 is 0 Å². The standard InChI is InChI=1S/C12H21N/c1-2-12(6-7-12)13-8-10-4-3-5-11(10)9-13/h10-11H,2-9H2,1H3. The van der Waals surface area contributed by atoms with Gasteiger partial charge in [-0.25, -0.2) is 0 Å². The molecule has 1 heteroatoms. The van der Waals surface area contributed by atoms with Crippen molar-refractivity contribution in [3.05, 3.63) is 0 Å². The highest BCUT2D eigenvalue weighted by molar-refractivity contribution is 5.06. The van der Waals surface area contributed by atoms with E-state index in [0.717, 1.165) is 11.8 Å². The molecule has 2 unspecified atom stereocenters. The lowest BCUT2D eigenvalue weighted by Gasteiger charge is -2.27. The fraction of sp³-hybridized carbons (Fsp3) is 1.00. The lowest BCUT2D eigenvalue weighted by atomic mass is 10.0. The molecule has 74 valence electrons. The molecule has 0 amide bonds. The van der Waals surface area contributed by atoms with Crippen LogP contribution in [0.25, 0.3) is 0 Å². The number of nitrogens with zero attached hydrogens (tertiary/aromatic N) is 1. The number of hydrogen-bond donors (Lipinski definition) is 0. The van der Waals surface area contributed by atoms with Crippen molar-refractivity contribution in [1.82, 2.24) is 4.90 Å². The number of fused-ring (bicyclic) bond motifs is 1. The molecule has 2 aliphatic carbocycles. The second-order valence-corrected chi connectivity index (χ2v) is 5.43. The fourth-order valence-corrected chi connectivity index (χ4v) is 3.66. The molecule has 3 fully saturated rings. The Kier molecular flexibility index (Phi) is 1.74. The average Bonchev–Trinajstić information content (AvgIpc) is 2.63. The van der Waals surface area contributed by atoms with Crippen LogP contribution < -0.4 is 0 Å². The monoisotopic (exact) mass is 179 g/mol. The minimum Gasteiger partial charge on any atom is -0.297 e. The summed E-state index contributed by atoms with van der Waals surface area (Å²) in [4.78, 5) is 2.83. The molecule has 1 aliphatic heterocycles. The zero-order valence-corrected chi connectivity index (χ0v) is 8.76. The summed E-state index contributed by atoms with van der Waals surface area (Å²) in [5, 5.41) is 0. The van der Waals surface area contributed by atoms with Crippen LogP contribution in [0.2, 0.25) is 0 Å². The molecule has 13 heavy (non-hydrogen) atoms. The van der Waals surface area contributed by atoms with Gasteiger partial charge in [0.15, 0.2) is 0 Å². The molecular weight excluding hydrogens is 158 g/mol. The first-order chi connectivity index (χ1) is 6.34. The molecule has 3 aliphatic rings. The summed E-state index contributed by atoms with van der Waals surface area (Å²) in [7, 11) is 0. The van der Waals surface area contributed by atoms with Gasteiger partial charge in [0.05, 0.1) is 0 Å². The minimum absolute atomic E-state index is 0.699. The second kappa shape index (κ2) is 2.73. The Balaban J connectivity index is 1.69. The van der Waals surface area contributed by atoms with Crippen LogP contribution in [0, 0.1) is 11.8 Å². The van der Waals surface area contributed by atoms with Crippen molar-refractivity contribution >= 4 is 0 Å². The third-order valence-electron chi connectivity index (χ3n) is 4.88.